The molecule has 2 N–H and O–H groups in total. The molecule has 1 aromatic carbocycles. The first-order chi connectivity index (χ1) is 14.8. The number of carbonyl (C=O) groups is 1. The molecule has 7 heteroatoms. The molecule has 0 atom stereocenters. The number of piperidine rings is 1. The molecule has 1 aliphatic heterocycles. The SMILES string of the molecule is O=C(Nc1ccncc1)c1n[nH]c2ccc(-c3cncc(N4CCCCC4)c3)cc12. The fourth-order valence-corrected chi connectivity index (χ4v) is 3.90. The number of benzene rings is 1. The summed E-state index contributed by atoms with van der Waals surface area (Å²) in [7, 11) is 0. The molecule has 0 unspecified atom stereocenters. The van der Waals surface area contributed by atoms with Crippen molar-refractivity contribution in [3.8, 4) is 11.1 Å². The van der Waals surface area contributed by atoms with Gasteiger partial charge in [0.1, 0.15) is 0 Å². The van der Waals surface area contributed by atoms with Crippen LogP contribution in [-0.4, -0.2) is 39.2 Å². The Morgan fingerprint density at radius 1 is 0.933 bits per heavy atom. The van der Waals surface area contributed by atoms with Crippen molar-refractivity contribution < 1.29 is 4.79 Å². The smallest absolute Gasteiger partial charge is 0.276 e. The first-order valence-corrected chi connectivity index (χ1v) is 10.2. The molecule has 1 aliphatic rings. The number of fused-ring (bicyclic) bond motifs is 1. The average Bonchev–Trinajstić information content (AvgIpc) is 3.24. The molecule has 0 saturated carbocycles. The minimum Gasteiger partial charge on any atom is -0.370 e. The summed E-state index contributed by atoms with van der Waals surface area (Å²) < 4.78 is 0. The molecule has 7 nitrogen and oxygen atoms in total. The number of carbonyl (C=O) groups excluding carboxylic acids is 1. The Kier molecular flexibility index (Phi) is 4.85. The van der Waals surface area contributed by atoms with Crippen molar-refractivity contribution in [1.29, 1.82) is 0 Å². The van der Waals surface area contributed by atoms with E-state index in [4.69, 9.17) is 0 Å². The topological polar surface area (TPSA) is 86.8 Å². The summed E-state index contributed by atoms with van der Waals surface area (Å²) in [5.41, 5.74) is 5.05. The molecule has 30 heavy (non-hydrogen) atoms. The van der Waals surface area contributed by atoms with Crippen molar-refractivity contribution >= 4 is 28.2 Å². The standard InChI is InChI=1S/C23H22N6O/c30-23(26-18-6-8-24-9-7-18)22-20-13-16(4-5-21(20)27-28-22)17-12-19(15-25-14-17)29-10-2-1-3-11-29/h4-9,12-15H,1-3,10-11H2,(H,27,28)(H,24,26,30). The number of aromatic nitrogens is 4. The number of hydrogen-bond acceptors (Lipinski definition) is 5. The molecule has 4 aromatic rings. The van der Waals surface area contributed by atoms with Gasteiger partial charge in [-0.05, 0) is 55.2 Å². The van der Waals surface area contributed by atoms with E-state index in [-0.39, 0.29) is 5.91 Å². The molecular formula is C23H22N6O. The molecule has 150 valence electrons. The zero-order chi connectivity index (χ0) is 20.3. The van der Waals surface area contributed by atoms with Crippen LogP contribution in [0.1, 0.15) is 29.8 Å². The molecule has 0 aliphatic carbocycles. The number of aromatic amines is 1. The van der Waals surface area contributed by atoms with Crippen LogP contribution in [-0.2, 0) is 0 Å². The summed E-state index contributed by atoms with van der Waals surface area (Å²) in [4.78, 5) is 23.6. The van der Waals surface area contributed by atoms with E-state index in [0.29, 0.717) is 11.4 Å². The predicted molar refractivity (Wildman–Crippen MR) is 118 cm³/mol. The van der Waals surface area contributed by atoms with Crippen LogP contribution < -0.4 is 10.2 Å². The van der Waals surface area contributed by atoms with Crippen molar-refractivity contribution in [3.63, 3.8) is 0 Å². The van der Waals surface area contributed by atoms with Gasteiger partial charge in [-0.15, -0.1) is 0 Å². The highest BCUT2D eigenvalue weighted by atomic mass is 16.1. The third-order valence-corrected chi connectivity index (χ3v) is 5.49. The molecule has 0 bridgehead atoms. The lowest BCUT2D eigenvalue weighted by Gasteiger charge is -2.28. The van der Waals surface area contributed by atoms with Gasteiger partial charge in [0.25, 0.3) is 5.91 Å². The van der Waals surface area contributed by atoms with Gasteiger partial charge in [0.2, 0.25) is 0 Å². The number of pyridine rings is 2. The summed E-state index contributed by atoms with van der Waals surface area (Å²) >= 11 is 0. The Bertz CT molecular complexity index is 1180. The second-order valence-corrected chi connectivity index (χ2v) is 7.50. The van der Waals surface area contributed by atoms with E-state index >= 15 is 0 Å². The molecule has 5 rings (SSSR count). The molecule has 0 spiro atoms. The lowest BCUT2D eigenvalue weighted by atomic mass is 10.0. The normalized spacial score (nSPS) is 14.1. The first kappa shape index (κ1) is 18.3. The second-order valence-electron chi connectivity index (χ2n) is 7.50. The van der Waals surface area contributed by atoms with Crippen LogP contribution in [0, 0.1) is 0 Å². The monoisotopic (exact) mass is 398 g/mol. The van der Waals surface area contributed by atoms with Crippen LogP contribution in [0.2, 0.25) is 0 Å². The van der Waals surface area contributed by atoms with E-state index in [1.54, 1.807) is 24.5 Å². The van der Waals surface area contributed by atoms with Gasteiger partial charge in [-0.2, -0.15) is 5.10 Å². The number of amides is 1. The minimum atomic E-state index is -0.259. The fourth-order valence-electron chi connectivity index (χ4n) is 3.90. The van der Waals surface area contributed by atoms with Crippen molar-refractivity contribution in [1.82, 2.24) is 20.2 Å². The molecule has 3 aromatic heterocycles. The van der Waals surface area contributed by atoms with Crippen molar-refractivity contribution in [2.45, 2.75) is 19.3 Å². The van der Waals surface area contributed by atoms with Gasteiger partial charge in [-0.1, -0.05) is 6.07 Å². The van der Waals surface area contributed by atoms with E-state index in [2.05, 4.69) is 36.4 Å². The Morgan fingerprint density at radius 2 is 1.77 bits per heavy atom. The Balaban J connectivity index is 1.46. The zero-order valence-electron chi connectivity index (χ0n) is 16.5. The third kappa shape index (κ3) is 3.61. The van der Waals surface area contributed by atoms with Gasteiger partial charge in [0.05, 0.1) is 17.4 Å². The molecule has 4 heterocycles. The zero-order valence-corrected chi connectivity index (χ0v) is 16.5. The van der Waals surface area contributed by atoms with Gasteiger partial charge in [-0.3, -0.25) is 19.9 Å². The largest absolute Gasteiger partial charge is 0.370 e. The molecule has 1 saturated heterocycles. The molecule has 1 amide bonds. The van der Waals surface area contributed by atoms with Crippen LogP contribution in [0.15, 0.2) is 61.2 Å². The van der Waals surface area contributed by atoms with Crippen LogP contribution in [0.25, 0.3) is 22.0 Å². The Labute approximate surface area is 174 Å². The lowest BCUT2D eigenvalue weighted by Crippen LogP contribution is -2.29. The number of nitrogens with one attached hydrogen (secondary N) is 2. The van der Waals surface area contributed by atoms with E-state index in [0.717, 1.165) is 40.8 Å². The van der Waals surface area contributed by atoms with E-state index < -0.39 is 0 Å². The minimum absolute atomic E-state index is 0.259. The highest BCUT2D eigenvalue weighted by Crippen LogP contribution is 2.29. The average molecular weight is 398 g/mol. The van der Waals surface area contributed by atoms with Crippen LogP contribution in [0.3, 0.4) is 0 Å². The van der Waals surface area contributed by atoms with Crippen molar-refractivity contribution in [3.05, 3.63) is 66.9 Å². The van der Waals surface area contributed by atoms with Gasteiger partial charge in [0, 0.05) is 48.3 Å². The maximum atomic E-state index is 12.8. The van der Waals surface area contributed by atoms with E-state index in [9.17, 15) is 4.79 Å². The van der Waals surface area contributed by atoms with Crippen LogP contribution >= 0.6 is 0 Å². The van der Waals surface area contributed by atoms with E-state index in [1.165, 1.54) is 19.3 Å². The fraction of sp³-hybridized carbons (Fsp3) is 0.217. The quantitative estimate of drug-likeness (QED) is 0.536. The van der Waals surface area contributed by atoms with Gasteiger partial charge < -0.3 is 10.2 Å². The van der Waals surface area contributed by atoms with Crippen LogP contribution in [0.4, 0.5) is 11.4 Å². The van der Waals surface area contributed by atoms with E-state index in [1.807, 2.05) is 30.6 Å². The second kappa shape index (κ2) is 7.94. The van der Waals surface area contributed by atoms with Crippen molar-refractivity contribution in [2.75, 3.05) is 23.3 Å². The summed E-state index contributed by atoms with van der Waals surface area (Å²) in [5, 5.41) is 10.8. The summed E-state index contributed by atoms with van der Waals surface area (Å²) in [6.07, 6.45) is 10.8. The lowest BCUT2D eigenvalue weighted by molar-refractivity contribution is 0.102. The molecule has 0 radical (unpaired) electrons. The number of nitrogens with zero attached hydrogens (tertiary/aromatic N) is 4. The summed E-state index contributed by atoms with van der Waals surface area (Å²) in [6.45, 7) is 2.15. The maximum absolute atomic E-state index is 12.8. The van der Waals surface area contributed by atoms with Gasteiger partial charge >= 0.3 is 0 Å². The number of rotatable bonds is 4. The molecule has 1 fully saturated rings. The maximum Gasteiger partial charge on any atom is 0.276 e. The number of hydrogen-bond donors (Lipinski definition) is 2. The Morgan fingerprint density at radius 3 is 2.60 bits per heavy atom. The summed E-state index contributed by atoms with van der Waals surface area (Å²) in [6, 6.07) is 11.6. The van der Waals surface area contributed by atoms with Crippen molar-refractivity contribution in [2.24, 2.45) is 0 Å². The Hall–Kier alpha value is -3.74. The highest BCUT2D eigenvalue weighted by Gasteiger charge is 2.16. The summed E-state index contributed by atoms with van der Waals surface area (Å²) in [5.74, 6) is -0.259. The predicted octanol–water partition coefficient (Wildman–Crippen LogP) is 4.26. The highest BCUT2D eigenvalue weighted by molar-refractivity contribution is 6.11. The number of H-pyrrole nitrogens is 1. The van der Waals surface area contributed by atoms with Gasteiger partial charge in [0.15, 0.2) is 5.69 Å². The number of anilines is 2. The molecular weight excluding hydrogens is 376 g/mol. The van der Waals surface area contributed by atoms with Gasteiger partial charge in [-0.25, -0.2) is 0 Å². The third-order valence-electron chi connectivity index (χ3n) is 5.49. The van der Waals surface area contributed by atoms with Crippen LogP contribution in [0.5, 0.6) is 0 Å². The first-order valence-electron chi connectivity index (χ1n) is 10.2.